The third kappa shape index (κ3) is 1.79. The third-order valence-electron chi connectivity index (χ3n) is 1.83. The molecule has 0 saturated carbocycles. The Morgan fingerprint density at radius 1 is 1.00 bits per heavy atom. The molecule has 1 rings (SSSR count). The van der Waals surface area contributed by atoms with Crippen molar-refractivity contribution in [1.29, 1.82) is 0 Å². The van der Waals surface area contributed by atoms with Crippen molar-refractivity contribution in [2.45, 2.75) is 30.7 Å². The Morgan fingerprint density at radius 2 is 1.54 bits per heavy atom. The van der Waals surface area contributed by atoms with E-state index in [1.165, 1.54) is 0 Å². The molecule has 1 aliphatic heterocycles. The van der Waals surface area contributed by atoms with E-state index in [0.717, 1.165) is 0 Å². The van der Waals surface area contributed by atoms with E-state index in [4.69, 9.17) is 25.5 Å². The molecule has 3 unspecified atom stereocenters. The predicted octanol–water partition coefficient (Wildman–Crippen LogP) is -3.13. The maximum absolute atomic E-state index is 10.4. The van der Waals surface area contributed by atoms with Crippen molar-refractivity contribution in [3.63, 3.8) is 0 Å². The molecule has 0 amide bonds. The molecule has 0 aliphatic carbocycles. The lowest BCUT2D eigenvalue weighted by Gasteiger charge is -2.36. The first-order valence-corrected chi connectivity index (χ1v) is 3.55. The van der Waals surface area contributed by atoms with Crippen molar-refractivity contribution in [3.8, 4) is 0 Å². The zero-order chi connectivity index (χ0) is 10.2. The fraction of sp³-hybridized carbons (Fsp3) is 0.833. The Labute approximate surface area is 72.8 Å². The third-order valence-corrected chi connectivity index (χ3v) is 1.83. The van der Waals surface area contributed by atoms with Gasteiger partial charge in [0, 0.05) is 0 Å². The molecular weight excluding hydrogens is 184 g/mol. The summed E-state index contributed by atoms with van der Waals surface area (Å²) < 4.78 is 4.34. The molecule has 0 radical (unpaired) electrons. The molecule has 0 aromatic carbocycles. The van der Waals surface area contributed by atoms with Crippen LogP contribution in [0.15, 0.2) is 0 Å². The highest BCUT2D eigenvalue weighted by Gasteiger charge is 2.46. The summed E-state index contributed by atoms with van der Waals surface area (Å²) in [5.74, 6) is -1.52. The molecule has 0 spiro atoms. The number of aliphatic carboxylic acids is 1. The summed E-state index contributed by atoms with van der Waals surface area (Å²) in [6, 6.07) is 0. The minimum atomic E-state index is -1.81. The summed E-state index contributed by atoms with van der Waals surface area (Å²) in [4.78, 5) is 10.4. The number of aliphatic hydroxyl groups excluding tert-OH is 4. The molecule has 1 aliphatic rings. The first kappa shape index (κ1) is 10.4. The van der Waals surface area contributed by atoms with Crippen LogP contribution in [0.25, 0.3) is 0 Å². The molecule has 5 atom stereocenters. The van der Waals surface area contributed by atoms with Gasteiger partial charge < -0.3 is 30.3 Å². The first-order valence-electron chi connectivity index (χ1n) is 3.55. The lowest BCUT2D eigenvalue weighted by atomic mass is 9.99. The van der Waals surface area contributed by atoms with Crippen molar-refractivity contribution < 1.29 is 35.1 Å². The number of ether oxygens (including phenoxy) is 1. The van der Waals surface area contributed by atoms with Crippen molar-refractivity contribution in [2.75, 3.05) is 0 Å². The van der Waals surface area contributed by atoms with Crippen LogP contribution < -0.4 is 0 Å². The molecule has 76 valence electrons. The number of carboxylic acids is 1. The van der Waals surface area contributed by atoms with Crippen LogP contribution in [-0.4, -0.2) is 62.2 Å². The minimum absolute atomic E-state index is 1.52. The van der Waals surface area contributed by atoms with E-state index >= 15 is 0 Å². The molecular formula is C6H10O7. The van der Waals surface area contributed by atoms with E-state index in [-0.39, 0.29) is 0 Å². The summed E-state index contributed by atoms with van der Waals surface area (Å²) in [7, 11) is 0. The molecule has 7 heteroatoms. The van der Waals surface area contributed by atoms with Gasteiger partial charge in [0.05, 0.1) is 0 Å². The van der Waals surface area contributed by atoms with Crippen LogP contribution in [0.4, 0.5) is 0 Å². The van der Waals surface area contributed by atoms with Gasteiger partial charge in [0.1, 0.15) is 18.3 Å². The second kappa shape index (κ2) is 3.56. The Hall–Kier alpha value is -0.730. The van der Waals surface area contributed by atoms with Crippen LogP contribution in [0.1, 0.15) is 0 Å². The Bertz CT molecular complexity index is 205. The second-order valence-corrected chi connectivity index (χ2v) is 2.76. The monoisotopic (exact) mass is 194 g/mol. The first-order chi connectivity index (χ1) is 5.95. The number of hydrogen-bond donors (Lipinski definition) is 5. The highest BCUT2D eigenvalue weighted by Crippen LogP contribution is 2.19. The summed E-state index contributed by atoms with van der Waals surface area (Å²) in [6.45, 7) is 0. The van der Waals surface area contributed by atoms with Crippen LogP contribution in [-0.2, 0) is 9.53 Å². The molecule has 0 bridgehead atoms. The summed E-state index contributed by atoms with van der Waals surface area (Å²) in [5, 5.41) is 44.4. The van der Waals surface area contributed by atoms with E-state index < -0.39 is 36.7 Å². The van der Waals surface area contributed by atoms with Crippen LogP contribution >= 0.6 is 0 Å². The van der Waals surface area contributed by atoms with E-state index in [1.54, 1.807) is 0 Å². The van der Waals surface area contributed by atoms with E-state index in [1.807, 2.05) is 0 Å². The van der Waals surface area contributed by atoms with Gasteiger partial charge in [0.2, 0.25) is 0 Å². The smallest absolute Gasteiger partial charge is 0.335 e. The lowest BCUT2D eigenvalue weighted by Crippen LogP contribution is -2.59. The van der Waals surface area contributed by atoms with Gasteiger partial charge in [0.15, 0.2) is 12.4 Å². The molecule has 0 aromatic rings. The van der Waals surface area contributed by atoms with Gasteiger partial charge in [-0.15, -0.1) is 0 Å². The molecule has 1 fully saturated rings. The van der Waals surface area contributed by atoms with Crippen molar-refractivity contribution in [2.24, 2.45) is 0 Å². The number of carbonyl (C=O) groups is 1. The molecule has 1 saturated heterocycles. The lowest BCUT2D eigenvalue weighted by molar-refractivity contribution is -0.279. The number of rotatable bonds is 1. The SMILES string of the molecule is O=C(O)C1OC(O)[C@H](O)C(O)[C@@H]1O. The van der Waals surface area contributed by atoms with Gasteiger partial charge in [-0.05, 0) is 0 Å². The van der Waals surface area contributed by atoms with E-state index in [9.17, 15) is 4.79 Å². The standard InChI is InChI=1S/C6H10O7/c7-1-2(8)4(5(10)11)13-6(12)3(1)9/h1-4,6-9,12H,(H,10,11)/t1?,2-,3+,4?,6?/m0/s1. The number of aliphatic hydroxyl groups is 4. The van der Waals surface area contributed by atoms with Crippen molar-refractivity contribution >= 4 is 5.97 Å². The van der Waals surface area contributed by atoms with Gasteiger partial charge in [-0.3, -0.25) is 0 Å². The van der Waals surface area contributed by atoms with Gasteiger partial charge >= 0.3 is 5.97 Å². The summed E-state index contributed by atoms with van der Waals surface area (Å²) >= 11 is 0. The minimum Gasteiger partial charge on any atom is -0.479 e. The van der Waals surface area contributed by atoms with Gasteiger partial charge in [0.25, 0.3) is 0 Å². The fourth-order valence-electron chi connectivity index (χ4n) is 1.07. The molecule has 0 aromatic heterocycles. The van der Waals surface area contributed by atoms with E-state index in [2.05, 4.69) is 4.74 Å². The van der Waals surface area contributed by atoms with Crippen LogP contribution in [0, 0.1) is 0 Å². The van der Waals surface area contributed by atoms with Gasteiger partial charge in [-0.25, -0.2) is 4.79 Å². The summed E-state index contributed by atoms with van der Waals surface area (Å²) in [6.07, 6.45) is -8.72. The van der Waals surface area contributed by atoms with Gasteiger partial charge in [-0.2, -0.15) is 0 Å². The fourth-order valence-corrected chi connectivity index (χ4v) is 1.07. The Balaban J connectivity index is 2.76. The Morgan fingerprint density at radius 3 is 2.00 bits per heavy atom. The predicted molar refractivity (Wildman–Crippen MR) is 36.5 cm³/mol. The maximum atomic E-state index is 10.4. The molecule has 13 heavy (non-hydrogen) atoms. The highest BCUT2D eigenvalue weighted by atomic mass is 16.6. The number of hydrogen-bond acceptors (Lipinski definition) is 6. The molecule has 7 nitrogen and oxygen atoms in total. The van der Waals surface area contributed by atoms with Crippen LogP contribution in [0.5, 0.6) is 0 Å². The topological polar surface area (TPSA) is 127 Å². The average Bonchev–Trinajstić information content (AvgIpc) is 2.07. The summed E-state index contributed by atoms with van der Waals surface area (Å²) in [5.41, 5.74) is 0. The zero-order valence-corrected chi connectivity index (χ0v) is 6.44. The Kier molecular flexibility index (Phi) is 2.84. The highest BCUT2D eigenvalue weighted by molar-refractivity contribution is 5.73. The maximum Gasteiger partial charge on any atom is 0.335 e. The zero-order valence-electron chi connectivity index (χ0n) is 6.44. The van der Waals surface area contributed by atoms with Gasteiger partial charge in [-0.1, -0.05) is 0 Å². The second-order valence-electron chi connectivity index (χ2n) is 2.76. The molecule has 5 N–H and O–H groups in total. The van der Waals surface area contributed by atoms with E-state index in [0.29, 0.717) is 0 Å². The normalized spacial score (nSPS) is 46.0. The largest absolute Gasteiger partial charge is 0.479 e. The van der Waals surface area contributed by atoms with Crippen molar-refractivity contribution in [3.05, 3.63) is 0 Å². The quantitative estimate of drug-likeness (QED) is 0.298. The van der Waals surface area contributed by atoms with Crippen LogP contribution in [0.2, 0.25) is 0 Å². The number of carboxylic acid groups (broad SMARTS) is 1. The average molecular weight is 194 g/mol. The molecule has 1 heterocycles. The van der Waals surface area contributed by atoms with Crippen molar-refractivity contribution in [1.82, 2.24) is 0 Å². The van der Waals surface area contributed by atoms with Crippen LogP contribution in [0.3, 0.4) is 0 Å².